The van der Waals surface area contributed by atoms with E-state index < -0.39 is 6.10 Å². The minimum atomic E-state index is -0.665. The second-order valence-corrected chi connectivity index (χ2v) is 5.65. The number of nitrogens with zero attached hydrogens (tertiary/aromatic N) is 1. The number of hydrogen-bond acceptors (Lipinski definition) is 3. The van der Waals surface area contributed by atoms with E-state index in [2.05, 4.69) is 10.5 Å². The van der Waals surface area contributed by atoms with Crippen LogP contribution in [0.4, 0.5) is 0 Å². The van der Waals surface area contributed by atoms with E-state index in [1.54, 1.807) is 25.1 Å². The van der Waals surface area contributed by atoms with Gasteiger partial charge in [0.05, 0.1) is 5.71 Å². The van der Waals surface area contributed by atoms with Crippen molar-refractivity contribution in [2.24, 2.45) is 5.10 Å². The van der Waals surface area contributed by atoms with E-state index in [-0.39, 0.29) is 5.91 Å². The predicted molar refractivity (Wildman–Crippen MR) is 93.1 cm³/mol. The molecule has 2 aromatic carbocycles. The van der Waals surface area contributed by atoms with Gasteiger partial charge in [-0.2, -0.15) is 5.10 Å². The van der Waals surface area contributed by atoms with Crippen molar-refractivity contribution in [2.75, 3.05) is 0 Å². The number of benzene rings is 2. The molecule has 1 amide bonds. The van der Waals surface area contributed by atoms with Crippen molar-refractivity contribution in [2.45, 2.75) is 26.9 Å². The molecule has 23 heavy (non-hydrogen) atoms. The minimum absolute atomic E-state index is 0.311. The molecule has 1 N–H and O–H groups in total. The summed E-state index contributed by atoms with van der Waals surface area (Å²) >= 11 is 5.91. The molecule has 0 fully saturated rings. The third-order valence-corrected chi connectivity index (χ3v) is 3.57. The van der Waals surface area contributed by atoms with Gasteiger partial charge in [0.25, 0.3) is 5.91 Å². The number of hydrazone groups is 1. The fourth-order valence-electron chi connectivity index (χ4n) is 1.96. The number of rotatable bonds is 5. The van der Waals surface area contributed by atoms with Gasteiger partial charge in [-0.15, -0.1) is 0 Å². The average molecular weight is 331 g/mol. The summed E-state index contributed by atoms with van der Waals surface area (Å²) in [4.78, 5) is 12.1. The quantitative estimate of drug-likeness (QED) is 0.666. The van der Waals surface area contributed by atoms with Gasteiger partial charge >= 0.3 is 0 Å². The van der Waals surface area contributed by atoms with Gasteiger partial charge in [-0.05, 0) is 50.1 Å². The molecule has 2 aromatic rings. The summed E-state index contributed by atoms with van der Waals surface area (Å²) < 4.78 is 5.66. The van der Waals surface area contributed by atoms with Crippen molar-refractivity contribution in [1.82, 2.24) is 5.43 Å². The second-order valence-electron chi connectivity index (χ2n) is 5.21. The first-order valence-electron chi connectivity index (χ1n) is 7.29. The van der Waals surface area contributed by atoms with E-state index in [1.807, 2.05) is 44.2 Å². The summed E-state index contributed by atoms with van der Waals surface area (Å²) in [6, 6.07) is 14.9. The lowest BCUT2D eigenvalue weighted by Crippen LogP contribution is -2.34. The van der Waals surface area contributed by atoms with Crippen molar-refractivity contribution in [3.63, 3.8) is 0 Å². The molecule has 0 heterocycles. The average Bonchev–Trinajstić information content (AvgIpc) is 2.55. The number of hydrogen-bond donors (Lipinski definition) is 1. The highest BCUT2D eigenvalue weighted by atomic mass is 35.5. The van der Waals surface area contributed by atoms with Crippen LogP contribution in [-0.2, 0) is 4.79 Å². The molecule has 0 saturated heterocycles. The smallest absolute Gasteiger partial charge is 0.280 e. The first-order chi connectivity index (χ1) is 11.0. The van der Waals surface area contributed by atoms with E-state index in [4.69, 9.17) is 16.3 Å². The lowest BCUT2D eigenvalue weighted by Gasteiger charge is -2.15. The maximum Gasteiger partial charge on any atom is 0.280 e. The third kappa shape index (κ3) is 4.83. The highest BCUT2D eigenvalue weighted by Crippen LogP contribution is 2.22. The number of halogens is 1. The molecule has 0 aliphatic heterocycles. The molecule has 1 atom stereocenters. The molecular weight excluding hydrogens is 312 g/mol. The first kappa shape index (κ1) is 17.0. The second kappa shape index (κ2) is 7.79. The molecule has 0 aliphatic rings. The molecule has 0 radical (unpaired) electrons. The fraction of sp³-hybridized carbons (Fsp3) is 0.222. The number of amides is 1. The van der Waals surface area contributed by atoms with Gasteiger partial charge in [-0.25, -0.2) is 5.43 Å². The molecule has 120 valence electrons. The van der Waals surface area contributed by atoms with Crippen LogP contribution in [0, 0.1) is 6.92 Å². The van der Waals surface area contributed by atoms with Gasteiger partial charge in [0, 0.05) is 5.02 Å². The largest absolute Gasteiger partial charge is 0.481 e. The Kier molecular flexibility index (Phi) is 5.77. The zero-order valence-electron chi connectivity index (χ0n) is 13.3. The lowest BCUT2D eigenvalue weighted by molar-refractivity contribution is -0.127. The van der Waals surface area contributed by atoms with Gasteiger partial charge in [-0.3, -0.25) is 4.79 Å². The van der Waals surface area contributed by atoms with Crippen LogP contribution < -0.4 is 10.2 Å². The molecule has 0 aromatic heterocycles. The van der Waals surface area contributed by atoms with Crippen LogP contribution in [0.1, 0.15) is 25.0 Å². The van der Waals surface area contributed by atoms with Crippen LogP contribution in [0.2, 0.25) is 5.02 Å². The predicted octanol–water partition coefficient (Wildman–Crippen LogP) is 3.96. The highest BCUT2D eigenvalue weighted by molar-refractivity contribution is 6.30. The molecule has 4 nitrogen and oxygen atoms in total. The Morgan fingerprint density at radius 2 is 1.91 bits per heavy atom. The van der Waals surface area contributed by atoms with Crippen LogP contribution in [0.3, 0.4) is 0 Å². The Bertz CT molecular complexity index is 714. The Morgan fingerprint density at radius 1 is 1.22 bits per heavy atom. The number of ether oxygens (including phenoxy) is 1. The van der Waals surface area contributed by atoms with Crippen molar-refractivity contribution in [3.05, 3.63) is 64.7 Å². The van der Waals surface area contributed by atoms with Crippen molar-refractivity contribution < 1.29 is 9.53 Å². The zero-order chi connectivity index (χ0) is 16.8. The van der Waals surface area contributed by atoms with Crippen LogP contribution >= 0.6 is 11.6 Å². The first-order valence-corrected chi connectivity index (χ1v) is 7.67. The monoisotopic (exact) mass is 330 g/mol. The summed E-state index contributed by atoms with van der Waals surface area (Å²) in [5.41, 5.74) is 5.09. The zero-order valence-corrected chi connectivity index (χ0v) is 14.1. The molecular formula is C18H19ClN2O2. The maximum atomic E-state index is 12.1. The number of nitrogens with one attached hydrogen (secondary N) is 1. The Morgan fingerprint density at radius 3 is 2.57 bits per heavy atom. The minimum Gasteiger partial charge on any atom is -0.481 e. The SMILES string of the molecule is C/C(=N\NC(=O)C(C)Oc1ccc(Cl)cc1C)c1ccccc1. The van der Waals surface area contributed by atoms with E-state index >= 15 is 0 Å². The summed E-state index contributed by atoms with van der Waals surface area (Å²) in [5, 5.41) is 4.74. The fourth-order valence-corrected chi connectivity index (χ4v) is 2.19. The molecule has 0 spiro atoms. The van der Waals surface area contributed by atoms with Gasteiger partial charge in [0.15, 0.2) is 6.10 Å². The topological polar surface area (TPSA) is 50.7 Å². The number of aryl methyl sites for hydroxylation is 1. The van der Waals surface area contributed by atoms with Crippen molar-refractivity contribution in [3.8, 4) is 5.75 Å². The molecule has 0 aliphatic carbocycles. The Labute approximate surface area is 141 Å². The normalized spacial score (nSPS) is 12.6. The van der Waals surface area contributed by atoms with E-state index in [0.717, 1.165) is 16.8 Å². The van der Waals surface area contributed by atoms with Crippen LogP contribution in [0.5, 0.6) is 5.75 Å². The molecule has 1 unspecified atom stereocenters. The maximum absolute atomic E-state index is 12.1. The van der Waals surface area contributed by atoms with Crippen molar-refractivity contribution in [1.29, 1.82) is 0 Å². The van der Waals surface area contributed by atoms with Gasteiger partial charge in [0.2, 0.25) is 0 Å². The standard InChI is InChI=1S/C18H19ClN2O2/c1-12-11-16(19)9-10-17(12)23-14(3)18(22)21-20-13(2)15-7-5-4-6-8-15/h4-11,14H,1-3H3,(H,21,22)/b20-13+. The molecule has 5 heteroatoms. The highest BCUT2D eigenvalue weighted by Gasteiger charge is 2.15. The van der Waals surface area contributed by atoms with Crippen LogP contribution in [0.25, 0.3) is 0 Å². The third-order valence-electron chi connectivity index (χ3n) is 3.34. The Balaban J connectivity index is 1.97. The number of carbonyl (C=O) groups is 1. The summed E-state index contributed by atoms with van der Waals surface area (Å²) in [5.74, 6) is 0.315. The van der Waals surface area contributed by atoms with Gasteiger partial charge < -0.3 is 4.74 Å². The van der Waals surface area contributed by atoms with E-state index in [1.165, 1.54) is 0 Å². The van der Waals surface area contributed by atoms with Gasteiger partial charge in [-0.1, -0.05) is 41.9 Å². The summed E-state index contributed by atoms with van der Waals surface area (Å²) in [6.45, 7) is 5.39. The van der Waals surface area contributed by atoms with E-state index in [9.17, 15) is 4.79 Å². The molecule has 0 saturated carbocycles. The Hall–Kier alpha value is -2.33. The summed E-state index contributed by atoms with van der Waals surface area (Å²) in [7, 11) is 0. The van der Waals surface area contributed by atoms with Gasteiger partial charge in [0.1, 0.15) is 5.75 Å². The molecule has 2 rings (SSSR count). The van der Waals surface area contributed by atoms with Crippen molar-refractivity contribution >= 4 is 23.2 Å². The lowest BCUT2D eigenvalue weighted by atomic mass is 10.1. The molecule has 0 bridgehead atoms. The summed E-state index contributed by atoms with van der Waals surface area (Å²) in [6.07, 6.45) is -0.665. The van der Waals surface area contributed by atoms with E-state index in [0.29, 0.717) is 10.8 Å². The number of carbonyl (C=O) groups excluding carboxylic acids is 1. The van der Waals surface area contributed by atoms with Crippen LogP contribution in [0.15, 0.2) is 53.6 Å². The van der Waals surface area contributed by atoms with Crippen LogP contribution in [-0.4, -0.2) is 17.7 Å².